The van der Waals surface area contributed by atoms with Gasteiger partial charge in [0.1, 0.15) is 5.82 Å². The van der Waals surface area contributed by atoms with Crippen LogP contribution in [0.4, 0.5) is 5.82 Å². The van der Waals surface area contributed by atoms with Crippen LogP contribution in [0.15, 0.2) is 60.7 Å². The third kappa shape index (κ3) is 4.16. The van der Waals surface area contributed by atoms with E-state index < -0.39 is 0 Å². The van der Waals surface area contributed by atoms with E-state index in [0.717, 1.165) is 16.8 Å². The first kappa shape index (κ1) is 17.4. The molecule has 0 fully saturated rings. The molecule has 3 aromatic rings. The Balaban J connectivity index is 1.82. The molecule has 132 valence electrons. The zero-order valence-corrected chi connectivity index (χ0v) is 14.7. The molecule has 1 heterocycles. The number of carbonyl (C=O) groups is 2. The summed E-state index contributed by atoms with van der Waals surface area (Å²) in [6, 6.07) is 18.8. The maximum absolute atomic E-state index is 12.5. The van der Waals surface area contributed by atoms with E-state index >= 15 is 0 Å². The summed E-state index contributed by atoms with van der Waals surface area (Å²) in [5.41, 5.74) is 3.15. The van der Waals surface area contributed by atoms with Crippen molar-refractivity contribution in [1.29, 1.82) is 0 Å². The van der Waals surface area contributed by atoms with E-state index in [1.165, 1.54) is 6.92 Å². The van der Waals surface area contributed by atoms with Gasteiger partial charge in [-0.3, -0.25) is 9.59 Å². The summed E-state index contributed by atoms with van der Waals surface area (Å²) in [5.74, 6) is -0.0778. The molecule has 0 bridgehead atoms. The number of hydrogen-bond donors (Lipinski definition) is 2. The van der Waals surface area contributed by atoms with Crippen molar-refractivity contribution in [2.45, 2.75) is 20.4 Å². The number of aryl methyl sites for hydroxylation is 1. The van der Waals surface area contributed by atoms with Crippen molar-refractivity contribution in [2.24, 2.45) is 0 Å². The van der Waals surface area contributed by atoms with Gasteiger partial charge in [-0.1, -0.05) is 48.0 Å². The molecule has 6 heteroatoms. The van der Waals surface area contributed by atoms with Gasteiger partial charge in [0.05, 0.1) is 5.69 Å². The number of nitrogens with one attached hydrogen (secondary N) is 2. The number of para-hydroxylation sites is 1. The minimum atomic E-state index is -0.298. The summed E-state index contributed by atoms with van der Waals surface area (Å²) < 4.78 is 1.54. The molecule has 0 saturated heterocycles. The molecule has 3 rings (SSSR count). The highest BCUT2D eigenvalue weighted by atomic mass is 16.2. The van der Waals surface area contributed by atoms with Crippen LogP contribution in [-0.4, -0.2) is 21.6 Å². The zero-order valence-electron chi connectivity index (χ0n) is 14.7. The van der Waals surface area contributed by atoms with Crippen molar-refractivity contribution >= 4 is 17.6 Å². The molecule has 0 aliphatic carbocycles. The van der Waals surface area contributed by atoms with E-state index in [9.17, 15) is 9.59 Å². The minimum absolute atomic E-state index is 0.228. The molecule has 2 amide bonds. The van der Waals surface area contributed by atoms with Crippen molar-refractivity contribution < 1.29 is 9.59 Å². The van der Waals surface area contributed by atoms with E-state index in [4.69, 9.17) is 0 Å². The van der Waals surface area contributed by atoms with Crippen LogP contribution < -0.4 is 10.6 Å². The highest BCUT2D eigenvalue weighted by molar-refractivity contribution is 5.95. The number of rotatable bonds is 5. The summed E-state index contributed by atoms with van der Waals surface area (Å²) in [5, 5.41) is 9.92. The summed E-state index contributed by atoms with van der Waals surface area (Å²) in [6.45, 7) is 3.83. The number of amides is 2. The Morgan fingerprint density at radius 1 is 1.04 bits per heavy atom. The predicted octanol–water partition coefficient (Wildman–Crippen LogP) is 3.07. The van der Waals surface area contributed by atoms with Crippen LogP contribution in [0.2, 0.25) is 0 Å². The minimum Gasteiger partial charge on any atom is -0.347 e. The highest BCUT2D eigenvalue weighted by Crippen LogP contribution is 2.17. The van der Waals surface area contributed by atoms with Crippen LogP contribution in [0.25, 0.3) is 5.69 Å². The second-order valence-electron chi connectivity index (χ2n) is 6.02. The second kappa shape index (κ2) is 7.65. The topological polar surface area (TPSA) is 76.0 Å². The standard InChI is InChI=1S/C20H20N4O2/c1-14-7-6-8-16(11-14)13-21-20(26)18-12-19(22-15(2)25)24(23-18)17-9-4-3-5-10-17/h3-12H,13H2,1-2H3,(H,21,26)(H,22,25). The lowest BCUT2D eigenvalue weighted by molar-refractivity contribution is -0.114. The zero-order chi connectivity index (χ0) is 18.5. The Labute approximate surface area is 151 Å². The van der Waals surface area contributed by atoms with Crippen LogP contribution >= 0.6 is 0 Å². The molecule has 2 aromatic carbocycles. The van der Waals surface area contributed by atoms with Crippen molar-refractivity contribution in [1.82, 2.24) is 15.1 Å². The summed E-state index contributed by atoms with van der Waals surface area (Å²) in [6.07, 6.45) is 0. The molecule has 0 radical (unpaired) electrons. The van der Waals surface area contributed by atoms with Crippen LogP contribution in [-0.2, 0) is 11.3 Å². The number of aromatic nitrogens is 2. The molecule has 0 saturated carbocycles. The largest absolute Gasteiger partial charge is 0.347 e. The lowest BCUT2D eigenvalue weighted by Crippen LogP contribution is -2.23. The average Bonchev–Trinajstić information content (AvgIpc) is 3.03. The average molecular weight is 348 g/mol. The molecular formula is C20H20N4O2. The van der Waals surface area contributed by atoms with Gasteiger partial charge in [-0.15, -0.1) is 0 Å². The molecule has 2 N–H and O–H groups in total. The van der Waals surface area contributed by atoms with E-state index in [0.29, 0.717) is 12.4 Å². The van der Waals surface area contributed by atoms with E-state index in [2.05, 4.69) is 15.7 Å². The lowest BCUT2D eigenvalue weighted by Gasteiger charge is -2.06. The van der Waals surface area contributed by atoms with Gasteiger partial charge in [-0.25, -0.2) is 4.68 Å². The number of hydrogen-bond acceptors (Lipinski definition) is 3. The predicted molar refractivity (Wildman–Crippen MR) is 100 cm³/mol. The Hall–Kier alpha value is -3.41. The fourth-order valence-corrected chi connectivity index (χ4v) is 2.62. The van der Waals surface area contributed by atoms with Crippen molar-refractivity contribution in [3.63, 3.8) is 0 Å². The molecule has 0 spiro atoms. The number of carbonyl (C=O) groups excluding carboxylic acids is 2. The van der Waals surface area contributed by atoms with Gasteiger partial charge >= 0.3 is 0 Å². The van der Waals surface area contributed by atoms with Gasteiger partial charge in [0.25, 0.3) is 5.91 Å². The molecule has 26 heavy (non-hydrogen) atoms. The van der Waals surface area contributed by atoms with Crippen LogP contribution in [0.5, 0.6) is 0 Å². The number of anilines is 1. The summed E-state index contributed by atoms with van der Waals surface area (Å²) in [4.78, 5) is 24.0. The maximum atomic E-state index is 12.5. The third-order valence-electron chi connectivity index (χ3n) is 3.78. The van der Waals surface area contributed by atoms with E-state index in [1.54, 1.807) is 10.7 Å². The Kier molecular flexibility index (Phi) is 5.12. The normalized spacial score (nSPS) is 10.4. The van der Waals surface area contributed by atoms with E-state index in [-0.39, 0.29) is 17.5 Å². The Morgan fingerprint density at radius 2 is 1.81 bits per heavy atom. The molecule has 0 aliphatic rings. The number of nitrogens with zero attached hydrogens (tertiary/aromatic N) is 2. The first-order valence-electron chi connectivity index (χ1n) is 8.30. The van der Waals surface area contributed by atoms with Gasteiger partial charge in [-0.05, 0) is 24.6 Å². The van der Waals surface area contributed by atoms with E-state index in [1.807, 2.05) is 61.5 Å². The molecule has 0 aliphatic heterocycles. The summed E-state index contributed by atoms with van der Waals surface area (Å²) >= 11 is 0. The smallest absolute Gasteiger partial charge is 0.272 e. The third-order valence-corrected chi connectivity index (χ3v) is 3.78. The molecule has 1 aromatic heterocycles. The monoisotopic (exact) mass is 348 g/mol. The van der Waals surface area contributed by atoms with Crippen LogP contribution in [0.1, 0.15) is 28.5 Å². The fourth-order valence-electron chi connectivity index (χ4n) is 2.62. The quantitative estimate of drug-likeness (QED) is 0.744. The van der Waals surface area contributed by atoms with Crippen molar-refractivity contribution in [2.75, 3.05) is 5.32 Å². The van der Waals surface area contributed by atoms with Gasteiger partial charge in [0, 0.05) is 19.5 Å². The van der Waals surface area contributed by atoms with Crippen molar-refractivity contribution in [3.05, 3.63) is 77.5 Å². The van der Waals surface area contributed by atoms with Crippen molar-refractivity contribution in [3.8, 4) is 5.69 Å². The first-order valence-corrected chi connectivity index (χ1v) is 8.30. The van der Waals surface area contributed by atoms with Gasteiger partial charge in [0.15, 0.2) is 5.69 Å². The van der Waals surface area contributed by atoms with Gasteiger partial charge < -0.3 is 10.6 Å². The van der Waals surface area contributed by atoms with Crippen LogP contribution in [0.3, 0.4) is 0 Å². The second-order valence-corrected chi connectivity index (χ2v) is 6.02. The Morgan fingerprint density at radius 3 is 2.50 bits per heavy atom. The molecular weight excluding hydrogens is 328 g/mol. The number of benzene rings is 2. The first-order chi connectivity index (χ1) is 12.5. The van der Waals surface area contributed by atoms with Crippen LogP contribution in [0, 0.1) is 6.92 Å². The van der Waals surface area contributed by atoms with Gasteiger partial charge in [-0.2, -0.15) is 5.10 Å². The fraction of sp³-hybridized carbons (Fsp3) is 0.150. The Bertz CT molecular complexity index is 932. The highest BCUT2D eigenvalue weighted by Gasteiger charge is 2.16. The SMILES string of the molecule is CC(=O)Nc1cc(C(=O)NCc2cccc(C)c2)nn1-c1ccccc1. The van der Waals surface area contributed by atoms with Gasteiger partial charge in [0.2, 0.25) is 5.91 Å². The molecule has 0 atom stereocenters. The molecule has 6 nitrogen and oxygen atoms in total. The lowest BCUT2D eigenvalue weighted by atomic mass is 10.1. The summed E-state index contributed by atoms with van der Waals surface area (Å²) in [7, 11) is 0. The maximum Gasteiger partial charge on any atom is 0.272 e. The molecule has 0 unspecified atom stereocenters.